The van der Waals surface area contributed by atoms with Crippen LogP contribution in [0.1, 0.15) is 42.5 Å². The third-order valence-electron chi connectivity index (χ3n) is 7.63. The van der Waals surface area contributed by atoms with Crippen molar-refractivity contribution in [1.82, 2.24) is 29.8 Å². The molecule has 0 saturated carbocycles. The maximum atomic E-state index is 13.2. The number of pyridine rings is 1. The van der Waals surface area contributed by atoms with Gasteiger partial charge >= 0.3 is 0 Å². The van der Waals surface area contributed by atoms with Crippen LogP contribution in [0.3, 0.4) is 0 Å². The van der Waals surface area contributed by atoms with Gasteiger partial charge < -0.3 is 14.3 Å². The number of benzene rings is 1. The van der Waals surface area contributed by atoms with E-state index in [2.05, 4.69) is 32.3 Å². The van der Waals surface area contributed by atoms with E-state index in [9.17, 15) is 4.79 Å². The van der Waals surface area contributed by atoms with E-state index in [0.29, 0.717) is 11.7 Å². The van der Waals surface area contributed by atoms with Crippen LogP contribution in [0.15, 0.2) is 40.9 Å². The van der Waals surface area contributed by atoms with Crippen LogP contribution in [0.5, 0.6) is 0 Å². The molecule has 2 aliphatic rings. The van der Waals surface area contributed by atoms with Gasteiger partial charge in [-0.05, 0) is 51.3 Å². The lowest BCUT2D eigenvalue weighted by Gasteiger charge is -2.32. The first kappa shape index (κ1) is 22.7. The van der Waals surface area contributed by atoms with E-state index in [1.54, 1.807) is 0 Å². The summed E-state index contributed by atoms with van der Waals surface area (Å²) < 4.78 is 7.55. The summed E-state index contributed by atoms with van der Waals surface area (Å²) >= 11 is 0. The number of carbonyl (C=O) groups excluding carboxylic acids is 1. The molecule has 3 aromatic heterocycles. The fraction of sp³-hybridized carbons (Fsp3) is 0.444. The second kappa shape index (κ2) is 9.04. The molecule has 6 rings (SSSR count). The Morgan fingerprint density at radius 3 is 2.67 bits per heavy atom. The Balaban J connectivity index is 1.08. The molecule has 2 saturated heterocycles. The second-order valence-corrected chi connectivity index (χ2v) is 10.1. The number of piperidine rings is 1. The van der Waals surface area contributed by atoms with Crippen LogP contribution >= 0.6 is 0 Å². The summed E-state index contributed by atoms with van der Waals surface area (Å²) in [5.74, 6) is 2.69. The van der Waals surface area contributed by atoms with Crippen molar-refractivity contribution >= 4 is 22.6 Å². The van der Waals surface area contributed by atoms with E-state index in [1.807, 2.05) is 54.7 Å². The van der Waals surface area contributed by atoms with Crippen molar-refractivity contribution in [2.24, 2.45) is 13.0 Å². The van der Waals surface area contributed by atoms with E-state index >= 15 is 0 Å². The topological polar surface area (TPSA) is 93.2 Å². The van der Waals surface area contributed by atoms with E-state index in [-0.39, 0.29) is 17.7 Å². The number of rotatable bonds is 4. The van der Waals surface area contributed by atoms with Crippen molar-refractivity contribution in [2.75, 3.05) is 31.1 Å². The Labute approximate surface area is 210 Å². The van der Waals surface area contributed by atoms with Crippen LogP contribution in [0.2, 0.25) is 0 Å². The molecule has 9 nitrogen and oxygen atoms in total. The van der Waals surface area contributed by atoms with Crippen molar-refractivity contribution in [3.8, 4) is 11.4 Å². The summed E-state index contributed by atoms with van der Waals surface area (Å²) in [5, 5.41) is 9.88. The molecular formula is C27H31N7O2. The minimum atomic E-state index is 0.0319. The fourth-order valence-electron chi connectivity index (χ4n) is 5.58. The van der Waals surface area contributed by atoms with Gasteiger partial charge in [0.1, 0.15) is 5.82 Å². The highest BCUT2D eigenvalue weighted by Gasteiger charge is 2.35. The van der Waals surface area contributed by atoms with Gasteiger partial charge in [0.05, 0.1) is 17.1 Å². The van der Waals surface area contributed by atoms with Crippen molar-refractivity contribution in [2.45, 2.75) is 39.0 Å². The lowest BCUT2D eigenvalue weighted by Crippen LogP contribution is -2.42. The van der Waals surface area contributed by atoms with Crippen LogP contribution in [0, 0.1) is 19.8 Å². The van der Waals surface area contributed by atoms with Gasteiger partial charge in [-0.2, -0.15) is 10.1 Å². The number of hydrogen-bond acceptors (Lipinski definition) is 7. The Kier molecular flexibility index (Phi) is 5.70. The smallest absolute Gasteiger partial charge is 0.230 e. The molecule has 1 unspecified atom stereocenters. The van der Waals surface area contributed by atoms with Gasteiger partial charge in [0.15, 0.2) is 0 Å². The zero-order valence-electron chi connectivity index (χ0n) is 21.0. The number of aromatic nitrogens is 5. The van der Waals surface area contributed by atoms with Crippen molar-refractivity contribution in [1.29, 1.82) is 0 Å². The summed E-state index contributed by atoms with van der Waals surface area (Å²) in [6.07, 6.45) is 2.55. The highest BCUT2D eigenvalue weighted by molar-refractivity contribution is 5.85. The van der Waals surface area contributed by atoms with Gasteiger partial charge in [-0.1, -0.05) is 23.4 Å². The van der Waals surface area contributed by atoms with Crippen LogP contribution in [0.25, 0.3) is 22.3 Å². The van der Waals surface area contributed by atoms with Crippen LogP contribution in [0.4, 0.5) is 5.82 Å². The maximum Gasteiger partial charge on any atom is 0.230 e. The van der Waals surface area contributed by atoms with Crippen LogP contribution in [-0.2, 0) is 11.8 Å². The van der Waals surface area contributed by atoms with Gasteiger partial charge in [-0.3, -0.25) is 9.48 Å². The molecule has 0 bridgehead atoms. The van der Waals surface area contributed by atoms with E-state index in [0.717, 1.165) is 79.1 Å². The van der Waals surface area contributed by atoms with E-state index in [4.69, 9.17) is 9.51 Å². The number of amides is 1. The monoisotopic (exact) mass is 485 g/mol. The normalized spacial score (nSPS) is 18.9. The number of nitrogens with zero attached hydrogens (tertiary/aromatic N) is 7. The summed E-state index contributed by atoms with van der Waals surface area (Å²) in [7, 11) is 1.94. The number of hydrogen-bond donors (Lipinski definition) is 0. The standard InChI is InChI=1S/C27H31N7O2/c1-17-5-4-6-24(28-17)34-14-11-21(16-34)27(35)33-12-9-19(10-13-33)26-29-25(31-36-26)20-7-8-22-18(2)30-32(3)23(22)15-20/h4-8,15,19,21H,9-14,16H2,1-3H3. The molecule has 0 N–H and O–H groups in total. The Morgan fingerprint density at radius 2 is 1.86 bits per heavy atom. The first-order chi connectivity index (χ1) is 17.5. The molecule has 1 atom stereocenters. The lowest BCUT2D eigenvalue weighted by atomic mass is 9.95. The lowest BCUT2D eigenvalue weighted by molar-refractivity contribution is -0.136. The van der Waals surface area contributed by atoms with Gasteiger partial charge in [-0.25, -0.2) is 4.98 Å². The largest absolute Gasteiger partial charge is 0.356 e. The quantitative estimate of drug-likeness (QED) is 0.433. The fourth-order valence-corrected chi connectivity index (χ4v) is 5.58. The van der Waals surface area contributed by atoms with Crippen molar-refractivity contribution in [3.05, 3.63) is 53.7 Å². The average Bonchev–Trinajstić information content (AvgIpc) is 3.64. The Bertz CT molecular complexity index is 1420. The molecule has 36 heavy (non-hydrogen) atoms. The van der Waals surface area contributed by atoms with Gasteiger partial charge in [-0.15, -0.1) is 0 Å². The molecule has 0 radical (unpaired) electrons. The minimum Gasteiger partial charge on any atom is -0.356 e. The maximum absolute atomic E-state index is 13.2. The molecule has 5 heterocycles. The molecule has 2 fully saturated rings. The molecule has 0 aliphatic carbocycles. The van der Waals surface area contributed by atoms with Crippen molar-refractivity contribution in [3.63, 3.8) is 0 Å². The summed E-state index contributed by atoms with van der Waals surface area (Å²) in [6, 6.07) is 12.2. The number of aryl methyl sites for hydroxylation is 3. The molecule has 1 aromatic carbocycles. The average molecular weight is 486 g/mol. The van der Waals surface area contributed by atoms with Gasteiger partial charge in [0, 0.05) is 55.8 Å². The summed E-state index contributed by atoms with van der Waals surface area (Å²) in [5.41, 5.74) is 3.97. The predicted molar refractivity (Wildman–Crippen MR) is 137 cm³/mol. The molecule has 186 valence electrons. The first-order valence-electron chi connectivity index (χ1n) is 12.7. The number of likely N-dealkylation sites (tertiary alicyclic amines) is 1. The van der Waals surface area contributed by atoms with Crippen LogP contribution in [-0.4, -0.2) is 61.9 Å². The molecule has 2 aliphatic heterocycles. The van der Waals surface area contributed by atoms with E-state index in [1.165, 1.54) is 0 Å². The third kappa shape index (κ3) is 4.12. The number of fused-ring (bicyclic) bond motifs is 1. The molecule has 0 spiro atoms. The van der Waals surface area contributed by atoms with E-state index < -0.39 is 0 Å². The Morgan fingerprint density at radius 1 is 1.03 bits per heavy atom. The zero-order chi connectivity index (χ0) is 24.8. The molecule has 9 heteroatoms. The molecular weight excluding hydrogens is 454 g/mol. The summed E-state index contributed by atoms with van der Waals surface area (Å²) in [6.45, 7) is 7.07. The summed E-state index contributed by atoms with van der Waals surface area (Å²) in [4.78, 5) is 26.8. The second-order valence-electron chi connectivity index (χ2n) is 10.1. The highest BCUT2D eigenvalue weighted by atomic mass is 16.5. The SMILES string of the molecule is Cc1cccc(N2CCC(C(=O)N3CCC(c4nc(-c5ccc6c(C)nn(C)c6c5)no4)CC3)C2)n1. The molecule has 4 aromatic rings. The Hall–Kier alpha value is -3.75. The van der Waals surface area contributed by atoms with Crippen LogP contribution < -0.4 is 4.90 Å². The zero-order valence-corrected chi connectivity index (χ0v) is 21.0. The highest BCUT2D eigenvalue weighted by Crippen LogP contribution is 2.31. The predicted octanol–water partition coefficient (Wildman–Crippen LogP) is 3.87. The van der Waals surface area contributed by atoms with Gasteiger partial charge in [0.25, 0.3) is 0 Å². The van der Waals surface area contributed by atoms with Gasteiger partial charge in [0.2, 0.25) is 17.6 Å². The molecule has 1 amide bonds. The third-order valence-corrected chi connectivity index (χ3v) is 7.63. The number of anilines is 1. The van der Waals surface area contributed by atoms with Crippen molar-refractivity contribution < 1.29 is 9.32 Å². The number of carbonyl (C=O) groups is 1. The first-order valence-corrected chi connectivity index (χ1v) is 12.7. The minimum absolute atomic E-state index is 0.0319.